The average Bonchev–Trinajstić information content (AvgIpc) is 2.54. The Kier molecular flexibility index (Phi) is 2.83. The van der Waals surface area contributed by atoms with Crippen molar-refractivity contribution < 1.29 is 17.9 Å². The second kappa shape index (κ2) is 4.74. The van der Waals surface area contributed by atoms with Gasteiger partial charge in [0.1, 0.15) is 11.5 Å². The third-order valence-electron chi connectivity index (χ3n) is 3.46. The van der Waals surface area contributed by atoms with Gasteiger partial charge in [-0.2, -0.15) is 8.42 Å². The zero-order valence-electron chi connectivity index (χ0n) is 11.4. The molecule has 2 aliphatic rings. The first-order valence-corrected chi connectivity index (χ1v) is 8.17. The maximum absolute atomic E-state index is 12.2. The van der Waals surface area contributed by atoms with Crippen LogP contribution in [0.15, 0.2) is 57.8 Å². The van der Waals surface area contributed by atoms with E-state index in [4.69, 9.17) is 9.47 Å². The molecule has 0 aliphatic carbocycles. The minimum Gasteiger partial charge on any atom is -0.485 e. The van der Waals surface area contributed by atoms with Crippen molar-refractivity contribution in [1.82, 2.24) is 0 Å². The molecule has 0 fully saturated rings. The van der Waals surface area contributed by atoms with E-state index in [-0.39, 0.29) is 17.3 Å². The lowest BCUT2D eigenvalue weighted by atomic mass is 10.2. The number of hydrogen-bond acceptors (Lipinski definition) is 5. The van der Waals surface area contributed by atoms with Crippen molar-refractivity contribution in [3.63, 3.8) is 0 Å². The maximum atomic E-state index is 12.2. The number of amidine groups is 1. The van der Waals surface area contributed by atoms with Crippen LogP contribution >= 0.6 is 0 Å². The fraction of sp³-hybridized carbons (Fsp3) is 0.133. The summed E-state index contributed by atoms with van der Waals surface area (Å²) in [4.78, 5) is 0.163. The predicted molar refractivity (Wildman–Crippen MR) is 81.0 cm³/mol. The summed E-state index contributed by atoms with van der Waals surface area (Å²) in [5.74, 6) is 1.44. The summed E-state index contributed by atoms with van der Waals surface area (Å²) in [6, 6.07) is 13.9. The van der Waals surface area contributed by atoms with Gasteiger partial charge in [0.15, 0.2) is 23.4 Å². The van der Waals surface area contributed by atoms with Gasteiger partial charge in [0.25, 0.3) is 10.0 Å². The third-order valence-corrected chi connectivity index (χ3v) is 4.81. The molecule has 4 rings (SSSR count). The number of hydrogen-bond donors (Lipinski definition) is 1. The van der Waals surface area contributed by atoms with E-state index >= 15 is 0 Å². The Morgan fingerprint density at radius 2 is 1.77 bits per heavy atom. The van der Waals surface area contributed by atoms with Crippen LogP contribution in [0.25, 0.3) is 0 Å². The molecule has 0 aromatic heterocycles. The monoisotopic (exact) mass is 316 g/mol. The van der Waals surface area contributed by atoms with Gasteiger partial charge in [-0.15, -0.1) is 4.40 Å². The van der Waals surface area contributed by atoms with E-state index in [1.807, 2.05) is 12.1 Å². The van der Waals surface area contributed by atoms with Gasteiger partial charge in [-0.1, -0.05) is 24.3 Å². The van der Waals surface area contributed by atoms with Crippen LogP contribution in [0, 0.1) is 0 Å². The molecule has 0 saturated carbocycles. The van der Waals surface area contributed by atoms with Crippen LogP contribution in [0.4, 0.5) is 5.69 Å². The van der Waals surface area contributed by atoms with Gasteiger partial charge in [0.2, 0.25) is 0 Å². The van der Waals surface area contributed by atoms with E-state index in [2.05, 4.69) is 9.71 Å². The van der Waals surface area contributed by atoms with Crippen LogP contribution in [0.3, 0.4) is 0 Å². The van der Waals surface area contributed by atoms with Crippen LogP contribution in [0.2, 0.25) is 0 Å². The van der Waals surface area contributed by atoms with Crippen molar-refractivity contribution in [2.75, 3.05) is 11.9 Å². The van der Waals surface area contributed by atoms with E-state index < -0.39 is 16.1 Å². The van der Waals surface area contributed by atoms with Crippen LogP contribution in [0.5, 0.6) is 11.5 Å². The fourth-order valence-corrected chi connectivity index (χ4v) is 3.60. The SMILES string of the molecule is O=S1(=O)N=C(C2COc3ccccc3O2)Nc2ccccc21. The molecule has 112 valence electrons. The Morgan fingerprint density at radius 3 is 2.64 bits per heavy atom. The van der Waals surface area contributed by atoms with Gasteiger partial charge in [0, 0.05) is 0 Å². The molecule has 1 unspecified atom stereocenters. The number of sulfonamides is 1. The molecule has 7 heteroatoms. The first-order chi connectivity index (χ1) is 10.6. The van der Waals surface area contributed by atoms with Crippen molar-refractivity contribution in [3.05, 3.63) is 48.5 Å². The molecule has 22 heavy (non-hydrogen) atoms. The Labute approximate surface area is 127 Å². The summed E-state index contributed by atoms with van der Waals surface area (Å²) >= 11 is 0. The fourth-order valence-electron chi connectivity index (χ4n) is 2.43. The summed E-state index contributed by atoms with van der Waals surface area (Å²) in [5, 5.41) is 3.02. The number of nitrogens with zero attached hydrogens (tertiary/aromatic N) is 1. The second-order valence-electron chi connectivity index (χ2n) is 4.94. The van der Waals surface area contributed by atoms with Gasteiger partial charge < -0.3 is 14.8 Å². The van der Waals surface area contributed by atoms with Crippen molar-refractivity contribution in [2.24, 2.45) is 4.40 Å². The van der Waals surface area contributed by atoms with E-state index in [1.165, 1.54) is 6.07 Å². The molecule has 0 bridgehead atoms. The lowest BCUT2D eigenvalue weighted by Crippen LogP contribution is -2.42. The minimum atomic E-state index is -3.73. The van der Waals surface area contributed by atoms with E-state index in [9.17, 15) is 8.42 Å². The Morgan fingerprint density at radius 1 is 1.05 bits per heavy atom. The summed E-state index contributed by atoms with van der Waals surface area (Å²) in [6.07, 6.45) is -0.599. The quantitative estimate of drug-likeness (QED) is 0.871. The Balaban J connectivity index is 1.70. The molecule has 2 aliphatic heterocycles. The highest BCUT2D eigenvalue weighted by Gasteiger charge is 2.32. The zero-order valence-corrected chi connectivity index (χ0v) is 12.2. The van der Waals surface area contributed by atoms with Crippen LogP contribution in [0.1, 0.15) is 0 Å². The first kappa shape index (κ1) is 13.1. The Bertz CT molecular complexity index is 877. The van der Waals surface area contributed by atoms with Crippen LogP contribution in [-0.4, -0.2) is 27.0 Å². The average molecular weight is 316 g/mol. The molecule has 1 N–H and O–H groups in total. The molecule has 0 saturated heterocycles. The Hall–Kier alpha value is -2.54. The van der Waals surface area contributed by atoms with E-state index in [0.29, 0.717) is 17.2 Å². The van der Waals surface area contributed by atoms with Gasteiger partial charge in [0.05, 0.1) is 5.69 Å². The van der Waals surface area contributed by atoms with Gasteiger partial charge in [-0.3, -0.25) is 0 Å². The summed E-state index contributed by atoms with van der Waals surface area (Å²) < 4.78 is 39.7. The standard InChI is InChI=1S/C15H12N2O4S/c18-22(19)14-8-4-1-5-10(14)16-15(17-22)13-9-20-11-6-2-3-7-12(11)21-13/h1-8,13H,9H2,(H,16,17). The number of para-hydroxylation sites is 3. The lowest BCUT2D eigenvalue weighted by Gasteiger charge is -2.29. The van der Waals surface area contributed by atoms with Gasteiger partial charge in [-0.05, 0) is 24.3 Å². The largest absolute Gasteiger partial charge is 0.485 e. The number of benzene rings is 2. The van der Waals surface area contributed by atoms with Gasteiger partial charge >= 0.3 is 0 Å². The number of anilines is 1. The molecule has 2 heterocycles. The van der Waals surface area contributed by atoms with Crippen LogP contribution in [-0.2, 0) is 10.0 Å². The maximum Gasteiger partial charge on any atom is 0.286 e. The van der Waals surface area contributed by atoms with Gasteiger partial charge in [-0.25, -0.2) is 0 Å². The highest BCUT2D eigenvalue weighted by molar-refractivity contribution is 7.90. The normalized spacial score (nSPS) is 21.3. The summed E-state index contributed by atoms with van der Waals surface area (Å²) in [7, 11) is -3.73. The first-order valence-electron chi connectivity index (χ1n) is 6.73. The molecule has 0 radical (unpaired) electrons. The molecular weight excluding hydrogens is 304 g/mol. The van der Waals surface area contributed by atoms with E-state index in [0.717, 1.165) is 0 Å². The molecule has 6 nitrogen and oxygen atoms in total. The minimum absolute atomic E-state index is 0.163. The molecule has 2 aromatic carbocycles. The summed E-state index contributed by atoms with van der Waals surface area (Å²) in [6.45, 7) is 0.195. The number of rotatable bonds is 1. The molecule has 0 spiro atoms. The third kappa shape index (κ3) is 2.10. The predicted octanol–water partition coefficient (Wildman–Crippen LogP) is 2.04. The zero-order chi connectivity index (χ0) is 15.2. The lowest BCUT2D eigenvalue weighted by molar-refractivity contribution is 0.135. The summed E-state index contributed by atoms with van der Waals surface area (Å²) in [5.41, 5.74) is 0.495. The van der Waals surface area contributed by atoms with E-state index in [1.54, 1.807) is 30.3 Å². The molecular formula is C15H12N2O4S. The smallest absolute Gasteiger partial charge is 0.286 e. The molecule has 1 atom stereocenters. The number of fused-ring (bicyclic) bond motifs is 2. The highest BCUT2D eigenvalue weighted by Crippen LogP contribution is 2.33. The highest BCUT2D eigenvalue weighted by atomic mass is 32.2. The van der Waals surface area contributed by atoms with Crippen molar-refractivity contribution in [1.29, 1.82) is 0 Å². The topological polar surface area (TPSA) is 77.0 Å². The van der Waals surface area contributed by atoms with Crippen molar-refractivity contribution in [3.8, 4) is 11.5 Å². The second-order valence-corrected chi connectivity index (χ2v) is 6.51. The number of nitrogens with one attached hydrogen (secondary N) is 1. The van der Waals surface area contributed by atoms with Crippen LogP contribution < -0.4 is 14.8 Å². The van der Waals surface area contributed by atoms with Crippen molar-refractivity contribution >= 4 is 21.5 Å². The number of ether oxygens (including phenoxy) is 2. The molecule has 0 amide bonds. The molecule has 2 aromatic rings. The van der Waals surface area contributed by atoms with Crippen molar-refractivity contribution in [2.45, 2.75) is 11.0 Å².